The largest absolute Gasteiger partial charge is 0.477 e. The van der Waals surface area contributed by atoms with Crippen LogP contribution in [0.25, 0.3) is 0 Å². The molecule has 1 aromatic carbocycles. The molecule has 0 aromatic heterocycles. The van der Waals surface area contributed by atoms with Crippen molar-refractivity contribution in [1.29, 1.82) is 0 Å². The molecule has 1 aromatic rings. The van der Waals surface area contributed by atoms with Crippen molar-refractivity contribution < 1.29 is 17.9 Å². The average Bonchev–Trinajstić information content (AvgIpc) is 2.09. The van der Waals surface area contributed by atoms with Crippen LogP contribution in [-0.2, 0) is 0 Å². The molecule has 0 atom stereocenters. The van der Waals surface area contributed by atoms with Crippen LogP contribution in [0, 0.1) is 0 Å². The van der Waals surface area contributed by atoms with Gasteiger partial charge in [-0.25, -0.2) is 0 Å². The highest BCUT2D eigenvalue weighted by Crippen LogP contribution is 2.36. The van der Waals surface area contributed by atoms with E-state index in [4.69, 9.17) is 24.2 Å². The van der Waals surface area contributed by atoms with Crippen molar-refractivity contribution in [3.8, 4) is 5.75 Å². The van der Waals surface area contributed by atoms with Crippen LogP contribution in [0.5, 0.6) is 5.75 Å². The van der Waals surface area contributed by atoms with Crippen molar-refractivity contribution in [2.24, 2.45) is 0 Å². The van der Waals surface area contributed by atoms with E-state index >= 15 is 0 Å². The van der Waals surface area contributed by atoms with Crippen LogP contribution < -0.4 is 10.2 Å². The van der Waals surface area contributed by atoms with E-state index in [-0.39, 0.29) is 16.2 Å². The van der Waals surface area contributed by atoms with E-state index in [1.807, 2.05) is 0 Å². The Morgan fingerprint density at radius 3 is 2.31 bits per heavy atom. The summed E-state index contributed by atoms with van der Waals surface area (Å²) in [5.41, 5.74) is -2.03. The van der Waals surface area contributed by atoms with Gasteiger partial charge in [-0.3, -0.25) is 0 Å². The summed E-state index contributed by atoms with van der Waals surface area (Å²) in [6, 6.07) is 4.13. The van der Waals surface area contributed by atoms with Crippen molar-refractivity contribution in [2.45, 2.75) is 25.6 Å². The number of hydrogen-bond acceptors (Lipinski definition) is 1. The first-order valence-corrected chi connectivity index (χ1v) is 4.82. The van der Waals surface area contributed by atoms with Gasteiger partial charge in [0, 0.05) is 0 Å². The normalized spacial score (nSPS) is 12.6. The Labute approximate surface area is 98.0 Å². The highest BCUT2D eigenvalue weighted by Gasteiger charge is 2.50. The van der Waals surface area contributed by atoms with Gasteiger partial charge in [0.25, 0.3) is 0 Å². The summed E-state index contributed by atoms with van der Waals surface area (Å²) in [5.74, 6) is -0.0796. The van der Waals surface area contributed by atoms with Gasteiger partial charge in [0.05, 0.1) is 5.02 Å². The van der Waals surface area contributed by atoms with Crippen LogP contribution >= 0.6 is 11.6 Å². The summed E-state index contributed by atoms with van der Waals surface area (Å²) in [6.45, 7) is 1.85. The van der Waals surface area contributed by atoms with Crippen LogP contribution in [0.3, 0.4) is 0 Å². The lowest BCUT2D eigenvalue weighted by molar-refractivity contribution is -0.234. The van der Waals surface area contributed by atoms with Crippen molar-refractivity contribution in [3.63, 3.8) is 0 Å². The van der Waals surface area contributed by atoms with E-state index in [0.717, 1.165) is 13.8 Å². The Kier molecular flexibility index (Phi) is 3.48. The van der Waals surface area contributed by atoms with Gasteiger partial charge in [-0.05, 0) is 26.0 Å². The van der Waals surface area contributed by atoms with Gasteiger partial charge >= 0.3 is 6.18 Å². The number of halogens is 4. The first-order chi connectivity index (χ1) is 7.13. The first-order valence-electron chi connectivity index (χ1n) is 4.44. The lowest BCUT2D eigenvalue weighted by atomic mass is 9.96. The molecule has 0 aliphatic rings. The van der Waals surface area contributed by atoms with Gasteiger partial charge in [0.15, 0.2) is 5.60 Å². The average molecular weight is 248 g/mol. The predicted octanol–water partition coefficient (Wildman–Crippen LogP) is 2.85. The molecule has 0 fully saturated rings. The highest BCUT2D eigenvalue weighted by atomic mass is 35.5. The Morgan fingerprint density at radius 2 is 1.81 bits per heavy atom. The second-order valence-corrected chi connectivity index (χ2v) is 4.21. The van der Waals surface area contributed by atoms with Gasteiger partial charge < -0.3 is 4.74 Å². The van der Waals surface area contributed by atoms with Crippen molar-refractivity contribution in [3.05, 3.63) is 23.2 Å². The van der Waals surface area contributed by atoms with Crippen LogP contribution in [0.1, 0.15) is 13.8 Å². The maximum absolute atomic E-state index is 12.6. The van der Waals surface area contributed by atoms with Gasteiger partial charge in [-0.15, -0.1) is 0 Å². The number of rotatable bonds is 2. The molecule has 6 heteroatoms. The smallest absolute Gasteiger partial charge is 0.427 e. The molecule has 86 valence electrons. The maximum atomic E-state index is 12.6. The number of ether oxygens (including phenoxy) is 1. The van der Waals surface area contributed by atoms with Crippen molar-refractivity contribution >= 4 is 24.9 Å². The van der Waals surface area contributed by atoms with Crippen LogP contribution in [0.4, 0.5) is 13.2 Å². The highest BCUT2D eigenvalue weighted by molar-refractivity contribution is 6.35. The molecule has 0 aliphatic heterocycles. The minimum atomic E-state index is -4.49. The number of benzene rings is 1. The third-order valence-corrected chi connectivity index (χ3v) is 2.32. The second kappa shape index (κ2) is 4.20. The standard InChI is InChI=1S/C10H9BClF3O/c1-9(2,10(13,14)15)16-8-5-6(11)3-4-7(8)12/h3-5H,1-2H3. The fourth-order valence-electron chi connectivity index (χ4n) is 0.931. The molecule has 0 aliphatic carbocycles. The monoisotopic (exact) mass is 248 g/mol. The van der Waals surface area contributed by atoms with Crippen LogP contribution in [0.15, 0.2) is 18.2 Å². The molecule has 0 amide bonds. The fourth-order valence-corrected chi connectivity index (χ4v) is 1.09. The molecular formula is C10H9BClF3O. The molecule has 0 saturated carbocycles. The maximum Gasteiger partial charge on any atom is 0.427 e. The van der Waals surface area contributed by atoms with Gasteiger partial charge in [-0.1, -0.05) is 23.1 Å². The van der Waals surface area contributed by atoms with Crippen molar-refractivity contribution in [2.75, 3.05) is 0 Å². The quantitative estimate of drug-likeness (QED) is 0.731. The van der Waals surface area contributed by atoms with E-state index in [0.29, 0.717) is 0 Å². The third kappa shape index (κ3) is 2.85. The van der Waals surface area contributed by atoms with E-state index in [1.165, 1.54) is 18.2 Å². The molecule has 0 unspecified atom stereocenters. The summed E-state index contributed by atoms with van der Waals surface area (Å²) in [6.07, 6.45) is -4.49. The molecule has 1 nitrogen and oxygen atoms in total. The first kappa shape index (κ1) is 13.2. The van der Waals surface area contributed by atoms with Gasteiger partial charge in [0.2, 0.25) is 0 Å². The topological polar surface area (TPSA) is 9.23 Å². The van der Waals surface area contributed by atoms with Crippen LogP contribution in [-0.4, -0.2) is 19.6 Å². The molecule has 16 heavy (non-hydrogen) atoms. The second-order valence-electron chi connectivity index (χ2n) is 3.80. The summed E-state index contributed by atoms with van der Waals surface area (Å²) < 4.78 is 42.5. The fraction of sp³-hybridized carbons (Fsp3) is 0.400. The van der Waals surface area contributed by atoms with Crippen molar-refractivity contribution in [1.82, 2.24) is 0 Å². The zero-order chi connectivity index (χ0) is 12.6. The lowest BCUT2D eigenvalue weighted by Gasteiger charge is -2.29. The molecule has 0 heterocycles. The summed E-state index contributed by atoms with van der Waals surface area (Å²) in [5, 5.41) is 0.0894. The minimum Gasteiger partial charge on any atom is -0.477 e. The van der Waals surface area contributed by atoms with Gasteiger partial charge in [0.1, 0.15) is 13.6 Å². The molecule has 0 spiro atoms. The zero-order valence-corrected chi connectivity index (χ0v) is 9.49. The summed E-state index contributed by atoms with van der Waals surface area (Å²) in [7, 11) is 5.44. The van der Waals surface area contributed by atoms with E-state index in [2.05, 4.69) is 0 Å². The molecule has 0 saturated heterocycles. The zero-order valence-electron chi connectivity index (χ0n) is 8.73. The lowest BCUT2D eigenvalue weighted by Crippen LogP contribution is -2.44. The van der Waals surface area contributed by atoms with E-state index in [9.17, 15) is 13.2 Å². The molecule has 2 radical (unpaired) electrons. The number of hydrogen-bond donors (Lipinski definition) is 0. The Hall–Kier alpha value is -0.835. The minimum absolute atomic E-state index is 0.0796. The Morgan fingerprint density at radius 1 is 1.25 bits per heavy atom. The Balaban J connectivity index is 3.01. The molecule has 0 bridgehead atoms. The third-order valence-electron chi connectivity index (χ3n) is 2.00. The predicted molar refractivity (Wildman–Crippen MR) is 57.6 cm³/mol. The summed E-state index contributed by atoms with van der Waals surface area (Å²) in [4.78, 5) is 0. The molecular weight excluding hydrogens is 239 g/mol. The molecule has 1 rings (SSSR count). The van der Waals surface area contributed by atoms with Crippen LogP contribution in [0.2, 0.25) is 5.02 Å². The van der Waals surface area contributed by atoms with E-state index in [1.54, 1.807) is 0 Å². The van der Waals surface area contributed by atoms with E-state index < -0.39 is 11.8 Å². The number of alkyl halides is 3. The van der Waals surface area contributed by atoms with Gasteiger partial charge in [-0.2, -0.15) is 13.2 Å². The molecule has 0 N–H and O–H groups in total. The Bertz CT molecular complexity index is 390. The SMILES string of the molecule is [B]c1ccc(Cl)c(OC(C)(C)C(F)(F)F)c1. The summed E-state index contributed by atoms with van der Waals surface area (Å²) >= 11 is 5.70.